The summed E-state index contributed by atoms with van der Waals surface area (Å²) < 4.78 is 11.0. The third-order valence-corrected chi connectivity index (χ3v) is 9.45. The number of hydrogen-bond donors (Lipinski definition) is 0. The molecule has 0 N–H and O–H groups in total. The first-order valence-electron chi connectivity index (χ1n) is 15.9. The highest BCUT2D eigenvalue weighted by molar-refractivity contribution is 6.12. The van der Waals surface area contributed by atoms with Crippen LogP contribution >= 0.6 is 0 Å². The third-order valence-electron chi connectivity index (χ3n) is 9.45. The fourth-order valence-corrected chi connectivity index (χ4v) is 7.25. The molecular formula is C43H27N3O. The van der Waals surface area contributed by atoms with Gasteiger partial charge in [0.1, 0.15) is 5.58 Å². The van der Waals surface area contributed by atoms with Crippen LogP contribution in [0.2, 0.25) is 0 Å². The van der Waals surface area contributed by atoms with Crippen molar-refractivity contribution in [2.75, 3.05) is 0 Å². The Balaban J connectivity index is 1.12. The minimum absolute atomic E-state index is 0.827. The lowest BCUT2D eigenvalue weighted by Crippen LogP contribution is -1.93. The predicted octanol–water partition coefficient (Wildman–Crippen LogP) is 11.4. The van der Waals surface area contributed by atoms with Crippen molar-refractivity contribution in [1.82, 2.24) is 14.1 Å². The first-order chi connectivity index (χ1) is 23.3. The number of fused-ring (bicyclic) bond motifs is 7. The average Bonchev–Trinajstić information content (AvgIpc) is 3.81. The molecule has 0 aliphatic rings. The molecule has 0 atom stereocenters. The van der Waals surface area contributed by atoms with Crippen molar-refractivity contribution in [3.05, 3.63) is 164 Å². The van der Waals surface area contributed by atoms with Crippen LogP contribution in [0.25, 0.3) is 88.4 Å². The Kier molecular flexibility index (Phi) is 5.54. The highest BCUT2D eigenvalue weighted by Gasteiger charge is 2.17. The summed E-state index contributed by atoms with van der Waals surface area (Å²) in [6, 6.07) is 54.2. The van der Waals surface area contributed by atoms with E-state index in [1.54, 1.807) is 0 Å². The molecule has 47 heavy (non-hydrogen) atoms. The smallest absolute Gasteiger partial charge is 0.205 e. The Bertz CT molecular complexity index is 2750. The number of hydrogen-bond acceptors (Lipinski definition) is 2. The lowest BCUT2D eigenvalue weighted by Gasteiger charge is -2.10. The van der Waals surface area contributed by atoms with Crippen LogP contribution in [-0.2, 0) is 0 Å². The van der Waals surface area contributed by atoms with Crippen molar-refractivity contribution in [3.63, 3.8) is 0 Å². The zero-order valence-corrected chi connectivity index (χ0v) is 25.3. The third kappa shape index (κ3) is 3.98. The van der Waals surface area contributed by atoms with E-state index in [4.69, 9.17) is 4.42 Å². The number of aromatic nitrogens is 3. The van der Waals surface area contributed by atoms with Crippen molar-refractivity contribution in [1.29, 1.82) is 0 Å². The Morgan fingerprint density at radius 1 is 0.404 bits per heavy atom. The van der Waals surface area contributed by atoms with Crippen molar-refractivity contribution >= 4 is 54.6 Å². The Morgan fingerprint density at radius 2 is 0.936 bits per heavy atom. The van der Waals surface area contributed by atoms with Gasteiger partial charge in [-0.15, -0.1) is 0 Å². The number of furan rings is 1. The molecule has 4 heterocycles. The van der Waals surface area contributed by atoms with Crippen molar-refractivity contribution in [2.24, 2.45) is 0 Å². The molecule has 0 spiro atoms. The molecule has 4 nitrogen and oxygen atoms in total. The van der Waals surface area contributed by atoms with E-state index >= 15 is 0 Å². The van der Waals surface area contributed by atoms with E-state index in [0.717, 1.165) is 39.1 Å². The van der Waals surface area contributed by atoms with Gasteiger partial charge in [-0.1, -0.05) is 78.9 Å². The van der Waals surface area contributed by atoms with Crippen molar-refractivity contribution in [3.8, 4) is 33.8 Å². The summed E-state index contributed by atoms with van der Waals surface area (Å²) in [5.41, 5.74) is 11.4. The number of rotatable bonds is 4. The summed E-state index contributed by atoms with van der Waals surface area (Å²) in [4.78, 5) is 4.17. The molecular weight excluding hydrogens is 574 g/mol. The zero-order chi connectivity index (χ0) is 30.9. The summed E-state index contributed by atoms with van der Waals surface area (Å²) in [6.07, 6.45) is 3.68. The normalized spacial score (nSPS) is 11.8. The highest BCUT2D eigenvalue weighted by Crippen LogP contribution is 2.39. The molecule has 0 amide bonds. The SMILES string of the molecule is c1ccc2oc(-n3c4ccccc4c4cc(-c5ccc6c(c5)c5ccccc5n6-c5ccc(-c6ccncc6)cc5)ccc43)cc2c1. The standard InChI is InChI=1S/C43H27N3O/c1-6-12-42-32(7-1)27-43(47-42)46-39-11-5-3-9-35(39)37-26-31(16-20-41(37)46)30-15-19-40-36(25-30)34-8-2-4-10-38(34)45(40)33-17-13-28(14-18-33)29-21-23-44-24-22-29/h1-27H. The van der Waals surface area contributed by atoms with Crippen LogP contribution in [0.3, 0.4) is 0 Å². The van der Waals surface area contributed by atoms with Crippen LogP contribution in [0.4, 0.5) is 0 Å². The maximum Gasteiger partial charge on any atom is 0.205 e. The molecule has 0 saturated heterocycles. The molecule has 4 aromatic heterocycles. The molecule has 6 aromatic carbocycles. The molecule has 0 bridgehead atoms. The van der Waals surface area contributed by atoms with Crippen molar-refractivity contribution in [2.45, 2.75) is 0 Å². The first-order valence-corrected chi connectivity index (χ1v) is 15.9. The van der Waals surface area contributed by atoms with Gasteiger partial charge in [-0.2, -0.15) is 0 Å². The maximum absolute atomic E-state index is 6.36. The number of nitrogens with zero attached hydrogens (tertiary/aromatic N) is 3. The topological polar surface area (TPSA) is 35.9 Å². The lowest BCUT2D eigenvalue weighted by molar-refractivity contribution is 0.590. The Morgan fingerprint density at radius 3 is 1.62 bits per heavy atom. The van der Waals surface area contributed by atoms with E-state index in [-0.39, 0.29) is 0 Å². The largest absolute Gasteiger partial charge is 0.440 e. The molecule has 0 aliphatic carbocycles. The molecule has 0 saturated carbocycles. The summed E-state index contributed by atoms with van der Waals surface area (Å²) in [5, 5.41) is 5.99. The molecule has 0 fully saturated rings. The van der Waals surface area contributed by atoms with E-state index in [1.807, 2.05) is 42.7 Å². The number of para-hydroxylation sites is 3. The second-order valence-corrected chi connectivity index (χ2v) is 12.1. The maximum atomic E-state index is 6.36. The Hall–Kier alpha value is -6.39. The molecule has 4 heteroatoms. The van der Waals surface area contributed by atoms with Crippen molar-refractivity contribution < 1.29 is 4.42 Å². The average molecular weight is 602 g/mol. The number of benzene rings is 6. The van der Waals surface area contributed by atoms with Gasteiger partial charge >= 0.3 is 0 Å². The zero-order valence-electron chi connectivity index (χ0n) is 25.3. The minimum atomic E-state index is 0.827. The van der Waals surface area contributed by atoms with Gasteiger partial charge in [-0.3, -0.25) is 9.55 Å². The van der Waals surface area contributed by atoms with E-state index in [0.29, 0.717) is 0 Å². The second kappa shape index (κ2) is 10.1. The van der Waals surface area contributed by atoms with E-state index in [9.17, 15) is 0 Å². The van der Waals surface area contributed by atoms with E-state index in [2.05, 4.69) is 135 Å². The fraction of sp³-hybridized carbons (Fsp3) is 0. The van der Waals surface area contributed by atoms with Crippen LogP contribution in [0.15, 0.2) is 168 Å². The molecule has 220 valence electrons. The van der Waals surface area contributed by atoms with Crippen LogP contribution < -0.4 is 0 Å². The first kappa shape index (κ1) is 25.9. The van der Waals surface area contributed by atoms with Crippen LogP contribution in [0, 0.1) is 0 Å². The van der Waals surface area contributed by atoms with Gasteiger partial charge in [0.15, 0.2) is 0 Å². The second-order valence-electron chi connectivity index (χ2n) is 12.1. The van der Waals surface area contributed by atoms with Gasteiger partial charge in [0.25, 0.3) is 0 Å². The monoisotopic (exact) mass is 601 g/mol. The minimum Gasteiger partial charge on any atom is -0.440 e. The van der Waals surface area contributed by atoms with Crippen LogP contribution in [0.5, 0.6) is 0 Å². The van der Waals surface area contributed by atoms with Gasteiger partial charge in [0.05, 0.1) is 22.1 Å². The Labute approximate surface area is 270 Å². The summed E-state index contributed by atoms with van der Waals surface area (Å²) in [7, 11) is 0. The van der Waals surface area contributed by atoms with E-state index < -0.39 is 0 Å². The molecule has 10 rings (SSSR count). The highest BCUT2D eigenvalue weighted by atomic mass is 16.4. The molecule has 10 aromatic rings. The molecule has 0 unspecified atom stereocenters. The fourth-order valence-electron chi connectivity index (χ4n) is 7.25. The predicted molar refractivity (Wildman–Crippen MR) is 194 cm³/mol. The van der Waals surface area contributed by atoms with Crippen LogP contribution in [-0.4, -0.2) is 14.1 Å². The van der Waals surface area contributed by atoms with Gasteiger partial charge in [-0.25, -0.2) is 0 Å². The number of pyridine rings is 1. The van der Waals surface area contributed by atoms with Gasteiger partial charge < -0.3 is 8.98 Å². The summed E-state index contributed by atoms with van der Waals surface area (Å²) in [6.45, 7) is 0. The molecule has 0 radical (unpaired) electrons. The quantitative estimate of drug-likeness (QED) is 0.201. The molecule has 0 aliphatic heterocycles. The van der Waals surface area contributed by atoms with Gasteiger partial charge in [-0.05, 0) is 89.0 Å². The van der Waals surface area contributed by atoms with E-state index in [1.165, 1.54) is 49.3 Å². The summed E-state index contributed by atoms with van der Waals surface area (Å²) in [5.74, 6) is 0.827. The summed E-state index contributed by atoms with van der Waals surface area (Å²) >= 11 is 0. The van der Waals surface area contributed by atoms with Gasteiger partial charge in [0.2, 0.25) is 5.88 Å². The van der Waals surface area contributed by atoms with Gasteiger partial charge in [0, 0.05) is 51.1 Å². The lowest BCUT2D eigenvalue weighted by atomic mass is 10.0. The van der Waals surface area contributed by atoms with Crippen LogP contribution in [0.1, 0.15) is 0 Å².